The standard InChI is InChI=1S/C11H15F3N2O3S/c12-11(13,14)8-16(4-5-17)20(18,19)7-9-2-1-3-10(15)6-9/h1-3,6,17H,4-5,7-8,15H2. The van der Waals surface area contributed by atoms with E-state index in [-0.39, 0.29) is 9.87 Å². The minimum absolute atomic E-state index is 0.218. The molecule has 1 aromatic rings. The summed E-state index contributed by atoms with van der Waals surface area (Å²) in [6, 6.07) is 5.89. The molecule has 0 fully saturated rings. The fraction of sp³-hybridized carbons (Fsp3) is 0.455. The zero-order valence-electron chi connectivity index (χ0n) is 10.5. The van der Waals surface area contributed by atoms with Crippen molar-refractivity contribution in [3.63, 3.8) is 0 Å². The van der Waals surface area contributed by atoms with E-state index in [1.165, 1.54) is 24.3 Å². The molecule has 0 aliphatic rings. The highest BCUT2D eigenvalue weighted by Gasteiger charge is 2.35. The Hall–Kier alpha value is -1.32. The number of nitrogen functional groups attached to an aromatic ring is 1. The van der Waals surface area contributed by atoms with Crippen LogP contribution in [-0.4, -0.2) is 43.7 Å². The molecule has 1 rings (SSSR count). The molecule has 0 aliphatic carbocycles. The molecule has 0 saturated carbocycles. The Morgan fingerprint density at radius 1 is 1.30 bits per heavy atom. The van der Waals surface area contributed by atoms with E-state index < -0.39 is 41.6 Å². The van der Waals surface area contributed by atoms with Crippen LogP contribution >= 0.6 is 0 Å². The van der Waals surface area contributed by atoms with Crippen LogP contribution in [0.2, 0.25) is 0 Å². The first-order valence-electron chi connectivity index (χ1n) is 5.64. The Kier molecular flexibility index (Phi) is 5.37. The van der Waals surface area contributed by atoms with Gasteiger partial charge in [0.15, 0.2) is 0 Å². The SMILES string of the molecule is Nc1cccc(CS(=O)(=O)N(CCO)CC(F)(F)F)c1. The molecule has 20 heavy (non-hydrogen) atoms. The molecule has 1 aromatic carbocycles. The van der Waals surface area contributed by atoms with Gasteiger partial charge in [-0.2, -0.15) is 17.5 Å². The van der Waals surface area contributed by atoms with Gasteiger partial charge in [-0.3, -0.25) is 0 Å². The number of sulfonamides is 1. The van der Waals surface area contributed by atoms with Crippen LogP contribution in [0.3, 0.4) is 0 Å². The van der Waals surface area contributed by atoms with Crippen molar-refractivity contribution in [1.29, 1.82) is 0 Å². The number of anilines is 1. The highest BCUT2D eigenvalue weighted by Crippen LogP contribution is 2.20. The van der Waals surface area contributed by atoms with Crippen LogP contribution < -0.4 is 5.73 Å². The average Bonchev–Trinajstić information content (AvgIpc) is 2.26. The van der Waals surface area contributed by atoms with Gasteiger partial charge in [0.25, 0.3) is 0 Å². The van der Waals surface area contributed by atoms with Crippen molar-refractivity contribution in [3.05, 3.63) is 29.8 Å². The Morgan fingerprint density at radius 2 is 1.95 bits per heavy atom. The van der Waals surface area contributed by atoms with Crippen molar-refractivity contribution >= 4 is 15.7 Å². The summed E-state index contributed by atoms with van der Waals surface area (Å²) >= 11 is 0. The van der Waals surface area contributed by atoms with Gasteiger partial charge in [0, 0.05) is 12.2 Å². The summed E-state index contributed by atoms with van der Waals surface area (Å²) in [6.07, 6.45) is -4.67. The number of benzene rings is 1. The first-order chi connectivity index (χ1) is 9.14. The molecule has 0 aromatic heterocycles. The highest BCUT2D eigenvalue weighted by atomic mass is 32.2. The molecule has 5 nitrogen and oxygen atoms in total. The first-order valence-corrected chi connectivity index (χ1v) is 7.25. The molecular weight excluding hydrogens is 297 g/mol. The molecule has 0 saturated heterocycles. The number of aliphatic hydroxyl groups is 1. The van der Waals surface area contributed by atoms with Crippen molar-refractivity contribution in [2.45, 2.75) is 11.9 Å². The molecule has 9 heteroatoms. The average molecular weight is 312 g/mol. The van der Waals surface area contributed by atoms with E-state index in [1.54, 1.807) is 0 Å². The lowest BCUT2D eigenvalue weighted by molar-refractivity contribution is -0.136. The van der Waals surface area contributed by atoms with E-state index in [9.17, 15) is 21.6 Å². The minimum atomic E-state index is -4.67. The summed E-state index contributed by atoms with van der Waals surface area (Å²) in [7, 11) is -4.19. The van der Waals surface area contributed by atoms with E-state index in [0.29, 0.717) is 5.69 Å². The molecule has 0 amide bonds. The van der Waals surface area contributed by atoms with E-state index in [4.69, 9.17) is 10.8 Å². The third-order valence-electron chi connectivity index (χ3n) is 2.40. The van der Waals surface area contributed by atoms with E-state index in [0.717, 1.165) is 0 Å². The van der Waals surface area contributed by atoms with E-state index in [1.807, 2.05) is 0 Å². The molecule has 0 unspecified atom stereocenters. The summed E-state index contributed by atoms with van der Waals surface area (Å²) in [4.78, 5) is 0. The van der Waals surface area contributed by atoms with Gasteiger partial charge in [0.1, 0.15) is 6.54 Å². The van der Waals surface area contributed by atoms with Crippen molar-refractivity contribution in [3.8, 4) is 0 Å². The number of aliphatic hydroxyl groups excluding tert-OH is 1. The van der Waals surface area contributed by atoms with Gasteiger partial charge in [0.2, 0.25) is 10.0 Å². The fourth-order valence-electron chi connectivity index (χ4n) is 1.61. The molecule has 3 N–H and O–H groups in total. The Bertz CT molecular complexity index is 546. The zero-order chi connectivity index (χ0) is 15.4. The highest BCUT2D eigenvalue weighted by molar-refractivity contribution is 7.88. The molecule has 0 heterocycles. The second kappa shape index (κ2) is 6.42. The number of alkyl halides is 3. The Morgan fingerprint density at radius 3 is 2.45 bits per heavy atom. The fourth-order valence-corrected chi connectivity index (χ4v) is 3.10. The van der Waals surface area contributed by atoms with E-state index in [2.05, 4.69) is 0 Å². The summed E-state index contributed by atoms with van der Waals surface area (Å²) in [5.41, 5.74) is 6.09. The third-order valence-corrected chi connectivity index (χ3v) is 4.20. The van der Waals surface area contributed by atoms with Crippen LogP contribution in [0.4, 0.5) is 18.9 Å². The number of hydrogen-bond donors (Lipinski definition) is 2. The summed E-state index contributed by atoms with van der Waals surface area (Å²) in [5.74, 6) is -0.603. The molecular formula is C11H15F3N2O3S. The van der Waals surface area contributed by atoms with Crippen molar-refractivity contribution in [2.24, 2.45) is 0 Å². The van der Waals surface area contributed by atoms with Gasteiger partial charge in [-0.05, 0) is 17.7 Å². The third kappa shape index (κ3) is 5.35. The minimum Gasteiger partial charge on any atom is -0.399 e. The van der Waals surface area contributed by atoms with Crippen LogP contribution in [0.15, 0.2) is 24.3 Å². The monoisotopic (exact) mass is 312 g/mol. The molecule has 0 atom stereocenters. The number of hydrogen-bond acceptors (Lipinski definition) is 4. The van der Waals surface area contributed by atoms with Crippen LogP contribution in [-0.2, 0) is 15.8 Å². The second-order valence-electron chi connectivity index (χ2n) is 4.17. The maximum absolute atomic E-state index is 12.4. The molecule has 114 valence electrons. The largest absolute Gasteiger partial charge is 0.402 e. The summed E-state index contributed by atoms with van der Waals surface area (Å²) < 4.78 is 61.2. The van der Waals surface area contributed by atoms with Gasteiger partial charge < -0.3 is 10.8 Å². The molecule has 0 radical (unpaired) electrons. The lowest BCUT2D eigenvalue weighted by Crippen LogP contribution is -2.41. The maximum atomic E-state index is 12.4. The molecule has 0 bridgehead atoms. The smallest absolute Gasteiger partial charge is 0.399 e. The van der Waals surface area contributed by atoms with Gasteiger partial charge in [0.05, 0.1) is 12.4 Å². The quantitative estimate of drug-likeness (QED) is 0.766. The van der Waals surface area contributed by atoms with Crippen LogP contribution in [0.5, 0.6) is 0 Å². The molecule has 0 spiro atoms. The lowest BCUT2D eigenvalue weighted by atomic mass is 10.2. The number of halogens is 3. The van der Waals surface area contributed by atoms with Crippen molar-refractivity contribution < 1.29 is 26.7 Å². The van der Waals surface area contributed by atoms with Crippen LogP contribution in [0.1, 0.15) is 5.56 Å². The number of rotatable bonds is 6. The Balaban J connectivity index is 2.93. The predicted molar refractivity (Wildman–Crippen MR) is 68.2 cm³/mol. The first kappa shape index (κ1) is 16.7. The van der Waals surface area contributed by atoms with Crippen LogP contribution in [0.25, 0.3) is 0 Å². The van der Waals surface area contributed by atoms with Gasteiger partial charge in [-0.15, -0.1) is 0 Å². The Labute approximate surface area is 114 Å². The molecule has 0 aliphatic heterocycles. The van der Waals surface area contributed by atoms with Crippen molar-refractivity contribution in [1.82, 2.24) is 4.31 Å². The number of nitrogens with two attached hydrogens (primary N) is 1. The van der Waals surface area contributed by atoms with Gasteiger partial charge in [-0.1, -0.05) is 12.1 Å². The maximum Gasteiger partial charge on any atom is 0.402 e. The second-order valence-corrected chi connectivity index (χ2v) is 6.14. The van der Waals surface area contributed by atoms with E-state index >= 15 is 0 Å². The normalized spacial score (nSPS) is 12.8. The van der Waals surface area contributed by atoms with Gasteiger partial charge in [-0.25, -0.2) is 8.42 Å². The lowest BCUT2D eigenvalue weighted by Gasteiger charge is -2.22. The van der Waals surface area contributed by atoms with Crippen LogP contribution in [0, 0.1) is 0 Å². The zero-order valence-corrected chi connectivity index (χ0v) is 11.3. The predicted octanol–water partition coefficient (Wildman–Crippen LogP) is 0.955. The number of nitrogens with zero attached hydrogens (tertiary/aromatic N) is 1. The van der Waals surface area contributed by atoms with Gasteiger partial charge >= 0.3 is 6.18 Å². The van der Waals surface area contributed by atoms with Crippen molar-refractivity contribution in [2.75, 3.05) is 25.4 Å². The summed E-state index contributed by atoms with van der Waals surface area (Å²) in [5, 5.41) is 8.71. The summed E-state index contributed by atoms with van der Waals surface area (Å²) in [6.45, 7) is -2.92. The topological polar surface area (TPSA) is 83.6 Å².